The molecule has 4 heteroatoms. The second-order valence-corrected chi connectivity index (χ2v) is 5.70. The highest BCUT2D eigenvalue weighted by atomic mass is 16.6. The molecule has 1 heterocycles. The van der Waals surface area contributed by atoms with E-state index in [1.54, 1.807) is 0 Å². The Kier molecular flexibility index (Phi) is 4.84. The Hall–Kier alpha value is -1.32. The monoisotopic (exact) mass is 280 g/mol. The lowest BCUT2D eigenvalue weighted by Crippen LogP contribution is -2.30. The molecule has 0 radical (unpaired) electrons. The van der Waals surface area contributed by atoms with Crippen LogP contribution in [0.4, 0.5) is 0 Å². The Labute approximate surface area is 120 Å². The lowest BCUT2D eigenvalue weighted by atomic mass is 9.69. The summed E-state index contributed by atoms with van der Waals surface area (Å²) in [7, 11) is 0. The smallest absolute Gasteiger partial charge is 0.316 e. The summed E-state index contributed by atoms with van der Waals surface area (Å²) >= 11 is 0. The van der Waals surface area contributed by atoms with E-state index in [0.29, 0.717) is 6.61 Å². The Balaban J connectivity index is 2.11. The molecule has 0 aromatic carbocycles. The third-order valence-corrected chi connectivity index (χ3v) is 4.21. The fourth-order valence-electron chi connectivity index (χ4n) is 3.34. The van der Waals surface area contributed by atoms with Crippen molar-refractivity contribution in [1.29, 1.82) is 0 Å². The zero-order valence-corrected chi connectivity index (χ0v) is 12.4. The minimum Gasteiger partial charge on any atom is -0.466 e. The maximum atomic E-state index is 12.3. The van der Waals surface area contributed by atoms with Gasteiger partial charge < -0.3 is 9.47 Å². The molecule has 2 rings (SSSR count). The quantitative estimate of drug-likeness (QED) is 0.554. The van der Waals surface area contributed by atoms with E-state index in [-0.39, 0.29) is 18.4 Å². The largest absolute Gasteiger partial charge is 0.466 e. The molecule has 2 aliphatic rings. The number of allylic oxidation sites excluding steroid dienone is 1. The van der Waals surface area contributed by atoms with E-state index in [9.17, 15) is 9.59 Å². The molecule has 1 aliphatic heterocycles. The third-order valence-electron chi connectivity index (χ3n) is 4.21. The molecule has 0 N–H and O–H groups in total. The molecule has 0 amide bonds. The molecule has 1 aliphatic carbocycles. The Morgan fingerprint density at radius 3 is 2.95 bits per heavy atom. The van der Waals surface area contributed by atoms with E-state index in [2.05, 4.69) is 13.0 Å². The first kappa shape index (κ1) is 15.1. The SMILES string of the molecule is CCCOC(=O)CC1OC(=O)[C@@]2(CCC)CCCC=C12. The molecule has 1 fully saturated rings. The normalized spacial score (nSPS) is 28.6. The fraction of sp³-hybridized carbons (Fsp3) is 0.750. The summed E-state index contributed by atoms with van der Waals surface area (Å²) in [6.45, 7) is 4.47. The topological polar surface area (TPSA) is 52.6 Å². The highest BCUT2D eigenvalue weighted by Gasteiger charge is 2.53. The van der Waals surface area contributed by atoms with E-state index in [1.807, 2.05) is 6.92 Å². The number of rotatable bonds is 6. The first-order valence-electron chi connectivity index (χ1n) is 7.71. The zero-order chi connectivity index (χ0) is 14.6. The van der Waals surface area contributed by atoms with Crippen molar-refractivity contribution < 1.29 is 19.1 Å². The maximum Gasteiger partial charge on any atom is 0.316 e. The van der Waals surface area contributed by atoms with Gasteiger partial charge in [-0.2, -0.15) is 0 Å². The first-order chi connectivity index (χ1) is 9.64. The summed E-state index contributed by atoms with van der Waals surface area (Å²) in [5.74, 6) is -0.415. The summed E-state index contributed by atoms with van der Waals surface area (Å²) in [6, 6.07) is 0. The first-order valence-corrected chi connectivity index (χ1v) is 7.71. The van der Waals surface area contributed by atoms with Crippen molar-refractivity contribution >= 4 is 11.9 Å². The summed E-state index contributed by atoms with van der Waals surface area (Å²) < 4.78 is 10.6. The molecular formula is C16H24O4. The molecule has 0 bridgehead atoms. The van der Waals surface area contributed by atoms with Crippen LogP contribution in [0.2, 0.25) is 0 Å². The van der Waals surface area contributed by atoms with E-state index < -0.39 is 11.5 Å². The van der Waals surface area contributed by atoms with Gasteiger partial charge in [0, 0.05) is 0 Å². The molecule has 20 heavy (non-hydrogen) atoms. The Bertz CT molecular complexity index is 413. The Morgan fingerprint density at radius 1 is 1.45 bits per heavy atom. The number of fused-ring (bicyclic) bond motifs is 1. The molecule has 112 valence electrons. The van der Waals surface area contributed by atoms with Crippen molar-refractivity contribution in [3.8, 4) is 0 Å². The number of esters is 2. The minimum absolute atomic E-state index is 0.140. The second-order valence-electron chi connectivity index (χ2n) is 5.70. The van der Waals surface area contributed by atoms with Crippen LogP contribution in [-0.4, -0.2) is 24.6 Å². The summed E-state index contributed by atoms with van der Waals surface area (Å²) in [5, 5.41) is 0. The second kappa shape index (κ2) is 6.42. The van der Waals surface area contributed by atoms with Crippen LogP contribution in [-0.2, 0) is 19.1 Å². The van der Waals surface area contributed by atoms with Crippen LogP contribution in [0.3, 0.4) is 0 Å². The summed E-state index contributed by atoms with van der Waals surface area (Å²) in [4.78, 5) is 24.1. The van der Waals surface area contributed by atoms with Crippen LogP contribution in [0.1, 0.15) is 58.8 Å². The number of cyclic esters (lactones) is 1. The van der Waals surface area contributed by atoms with Gasteiger partial charge >= 0.3 is 11.9 Å². The van der Waals surface area contributed by atoms with E-state index in [1.165, 1.54) is 0 Å². The lowest BCUT2D eigenvalue weighted by molar-refractivity contribution is -0.152. The van der Waals surface area contributed by atoms with Crippen LogP contribution >= 0.6 is 0 Å². The molecular weight excluding hydrogens is 256 g/mol. The number of hydrogen-bond donors (Lipinski definition) is 0. The average molecular weight is 280 g/mol. The minimum atomic E-state index is -0.456. The van der Waals surface area contributed by atoms with Gasteiger partial charge in [-0.25, -0.2) is 0 Å². The van der Waals surface area contributed by atoms with Crippen LogP contribution in [0.25, 0.3) is 0 Å². The van der Waals surface area contributed by atoms with E-state index >= 15 is 0 Å². The van der Waals surface area contributed by atoms with Crippen molar-refractivity contribution in [1.82, 2.24) is 0 Å². The molecule has 1 saturated heterocycles. The third kappa shape index (κ3) is 2.74. The lowest BCUT2D eigenvalue weighted by Gasteiger charge is -2.30. The molecule has 0 aromatic rings. The van der Waals surface area contributed by atoms with Gasteiger partial charge in [-0.15, -0.1) is 0 Å². The zero-order valence-electron chi connectivity index (χ0n) is 12.4. The van der Waals surface area contributed by atoms with Gasteiger partial charge in [0.2, 0.25) is 0 Å². The van der Waals surface area contributed by atoms with Crippen LogP contribution < -0.4 is 0 Å². The van der Waals surface area contributed by atoms with E-state index in [4.69, 9.17) is 9.47 Å². The van der Waals surface area contributed by atoms with Gasteiger partial charge in [-0.3, -0.25) is 9.59 Å². The summed E-state index contributed by atoms with van der Waals surface area (Å²) in [6.07, 6.45) is 7.27. The van der Waals surface area contributed by atoms with Gasteiger partial charge in [0.1, 0.15) is 6.10 Å². The van der Waals surface area contributed by atoms with Gasteiger partial charge in [0.05, 0.1) is 18.4 Å². The average Bonchev–Trinajstić information content (AvgIpc) is 2.70. The Morgan fingerprint density at radius 2 is 2.25 bits per heavy atom. The molecule has 0 aromatic heterocycles. The fourth-order valence-corrected chi connectivity index (χ4v) is 3.34. The van der Waals surface area contributed by atoms with Crippen molar-refractivity contribution in [2.75, 3.05) is 6.61 Å². The molecule has 2 atom stereocenters. The highest BCUT2D eigenvalue weighted by Crippen LogP contribution is 2.50. The van der Waals surface area contributed by atoms with Gasteiger partial charge in [-0.1, -0.05) is 26.3 Å². The van der Waals surface area contributed by atoms with Crippen molar-refractivity contribution in [3.05, 3.63) is 11.6 Å². The predicted octanol–water partition coefficient (Wildman–Crippen LogP) is 3.15. The molecule has 1 unspecified atom stereocenters. The molecule has 0 spiro atoms. The van der Waals surface area contributed by atoms with E-state index in [0.717, 1.165) is 44.1 Å². The summed E-state index contributed by atoms with van der Waals surface area (Å²) in [5.41, 5.74) is 0.576. The molecule has 4 nitrogen and oxygen atoms in total. The van der Waals surface area contributed by atoms with Gasteiger partial charge in [0.15, 0.2) is 0 Å². The van der Waals surface area contributed by atoms with Crippen molar-refractivity contribution in [2.24, 2.45) is 5.41 Å². The van der Waals surface area contributed by atoms with Gasteiger partial charge in [0.25, 0.3) is 0 Å². The predicted molar refractivity (Wildman–Crippen MR) is 75.0 cm³/mol. The van der Waals surface area contributed by atoms with Gasteiger partial charge in [-0.05, 0) is 37.7 Å². The van der Waals surface area contributed by atoms with Crippen LogP contribution in [0.15, 0.2) is 11.6 Å². The number of hydrogen-bond acceptors (Lipinski definition) is 4. The maximum absolute atomic E-state index is 12.3. The number of ether oxygens (including phenoxy) is 2. The highest BCUT2D eigenvalue weighted by molar-refractivity contribution is 5.86. The number of carbonyl (C=O) groups is 2. The number of carbonyl (C=O) groups excluding carboxylic acids is 2. The van der Waals surface area contributed by atoms with Crippen LogP contribution in [0, 0.1) is 5.41 Å². The standard InChI is InChI=1S/C16H24O4/c1-3-8-16-9-6-5-7-12(16)13(20-15(16)18)11-14(17)19-10-4-2/h7,13H,3-6,8-11H2,1-2H3/t13?,16-/m0/s1. The molecule has 0 saturated carbocycles. The van der Waals surface area contributed by atoms with Crippen molar-refractivity contribution in [3.63, 3.8) is 0 Å². The van der Waals surface area contributed by atoms with Crippen LogP contribution in [0.5, 0.6) is 0 Å². The van der Waals surface area contributed by atoms with Crippen molar-refractivity contribution in [2.45, 2.75) is 64.9 Å².